The van der Waals surface area contributed by atoms with Crippen molar-refractivity contribution in [2.75, 3.05) is 0 Å². The van der Waals surface area contributed by atoms with Crippen LogP contribution in [0.3, 0.4) is 0 Å². The summed E-state index contributed by atoms with van der Waals surface area (Å²) in [5, 5.41) is 0. The summed E-state index contributed by atoms with van der Waals surface area (Å²) in [5.41, 5.74) is 6.04. The molecule has 2 N–H and O–H groups in total. The van der Waals surface area contributed by atoms with E-state index >= 15 is 0 Å². The predicted octanol–water partition coefficient (Wildman–Crippen LogP) is 2.42. The molecule has 78 valence electrons. The monoisotopic (exact) mass is 204 g/mol. The molecule has 0 fully saturated rings. The zero-order chi connectivity index (χ0) is 10.6. The third-order valence-electron chi connectivity index (χ3n) is 1.81. The quantitative estimate of drug-likeness (QED) is 0.821. The molecule has 0 unspecified atom stereocenters. The number of halogens is 3. The van der Waals surface area contributed by atoms with Crippen molar-refractivity contribution in [3.8, 4) is 0 Å². The molecule has 1 aromatic rings. The van der Waals surface area contributed by atoms with Crippen molar-refractivity contribution in [1.82, 2.24) is 4.98 Å². The first-order valence-electron chi connectivity index (χ1n) is 4.22. The van der Waals surface area contributed by atoms with E-state index in [0.717, 1.165) is 0 Å². The zero-order valence-electron chi connectivity index (χ0n) is 7.46. The Kier molecular flexibility index (Phi) is 3.46. The molecule has 14 heavy (non-hydrogen) atoms. The van der Waals surface area contributed by atoms with Gasteiger partial charge in [0.05, 0.1) is 5.69 Å². The predicted molar refractivity (Wildman–Crippen MR) is 46.5 cm³/mol. The molecule has 0 saturated carbocycles. The zero-order valence-corrected chi connectivity index (χ0v) is 7.46. The van der Waals surface area contributed by atoms with Crippen LogP contribution in [0.4, 0.5) is 13.2 Å². The standard InChI is InChI=1S/C9H11F3N2/c10-9(11,12)5-4-7(13)8-3-1-2-6-14-8/h1-3,6-7H,4-5,13H2/t7-/m1/s1. The second-order valence-corrected chi connectivity index (χ2v) is 3.01. The van der Waals surface area contributed by atoms with Gasteiger partial charge in [-0.2, -0.15) is 13.2 Å². The second-order valence-electron chi connectivity index (χ2n) is 3.01. The van der Waals surface area contributed by atoms with Crippen LogP contribution in [0.2, 0.25) is 0 Å². The van der Waals surface area contributed by atoms with Gasteiger partial charge in [-0.3, -0.25) is 4.98 Å². The maximum atomic E-state index is 11.9. The van der Waals surface area contributed by atoms with Crippen molar-refractivity contribution in [2.24, 2.45) is 5.73 Å². The molecule has 0 aliphatic carbocycles. The van der Waals surface area contributed by atoms with Crippen LogP contribution in [0.5, 0.6) is 0 Å². The van der Waals surface area contributed by atoms with E-state index in [9.17, 15) is 13.2 Å². The molecule has 0 aromatic carbocycles. The smallest absolute Gasteiger partial charge is 0.323 e. The number of rotatable bonds is 3. The lowest BCUT2D eigenvalue weighted by molar-refractivity contribution is -0.136. The molecule has 0 amide bonds. The van der Waals surface area contributed by atoms with E-state index < -0.39 is 18.6 Å². The van der Waals surface area contributed by atoms with Gasteiger partial charge in [-0.15, -0.1) is 0 Å². The van der Waals surface area contributed by atoms with Crippen molar-refractivity contribution in [3.63, 3.8) is 0 Å². The number of hydrogen-bond acceptors (Lipinski definition) is 2. The molecule has 0 aliphatic rings. The number of aromatic nitrogens is 1. The normalized spacial score (nSPS) is 14.0. The maximum Gasteiger partial charge on any atom is 0.389 e. The summed E-state index contributed by atoms with van der Waals surface area (Å²) in [6.07, 6.45) is -3.62. The Hall–Kier alpha value is -1.10. The minimum atomic E-state index is -4.15. The highest BCUT2D eigenvalue weighted by Gasteiger charge is 2.27. The van der Waals surface area contributed by atoms with E-state index in [2.05, 4.69) is 4.98 Å². The SMILES string of the molecule is N[C@H](CCC(F)(F)F)c1ccccn1. The molecule has 1 aromatic heterocycles. The average molecular weight is 204 g/mol. The van der Waals surface area contributed by atoms with Gasteiger partial charge in [0, 0.05) is 18.7 Å². The van der Waals surface area contributed by atoms with Crippen LogP contribution >= 0.6 is 0 Å². The maximum absolute atomic E-state index is 11.9. The van der Waals surface area contributed by atoms with E-state index in [4.69, 9.17) is 5.73 Å². The largest absolute Gasteiger partial charge is 0.389 e. The molecular weight excluding hydrogens is 193 g/mol. The van der Waals surface area contributed by atoms with E-state index in [0.29, 0.717) is 5.69 Å². The Morgan fingerprint density at radius 2 is 2.07 bits per heavy atom. The minimum Gasteiger partial charge on any atom is -0.323 e. The topological polar surface area (TPSA) is 38.9 Å². The molecule has 2 nitrogen and oxygen atoms in total. The summed E-state index contributed by atoms with van der Waals surface area (Å²) in [6, 6.07) is 4.38. The molecule has 0 saturated heterocycles. The molecule has 0 bridgehead atoms. The molecular formula is C9H11F3N2. The highest BCUT2D eigenvalue weighted by atomic mass is 19.4. The molecule has 1 atom stereocenters. The number of nitrogens with two attached hydrogens (primary N) is 1. The lowest BCUT2D eigenvalue weighted by atomic mass is 10.1. The van der Waals surface area contributed by atoms with Gasteiger partial charge < -0.3 is 5.73 Å². The Bertz CT molecular complexity index is 271. The molecule has 0 aliphatic heterocycles. The van der Waals surface area contributed by atoms with E-state index in [-0.39, 0.29) is 6.42 Å². The van der Waals surface area contributed by atoms with Crippen LogP contribution in [0.1, 0.15) is 24.6 Å². The van der Waals surface area contributed by atoms with Gasteiger partial charge in [-0.1, -0.05) is 6.07 Å². The fraction of sp³-hybridized carbons (Fsp3) is 0.444. The van der Waals surface area contributed by atoms with E-state index in [1.165, 1.54) is 6.20 Å². The Labute approximate surface area is 79.9 Å². The molecule has 1 rings (SSSR count). The third kappa shape index (κ3) is 3.74. The fourth-order valence-corrected chi connectivity index (χ4v) is 1.06. The Morgan fingerprint density at radius 3 is 2.57 bits per heavy atom. The van der Waals surface area contributed by atoms with Gasteiger partial charge in [0.25, 0.3) is 0 Å². The van der Waals surface area contributed by atoms with Crippen LogP contribution in [0.15, 0.2) is 24.4 Å². The molecule has 0 radical (unpaired) electrons. The van der Waals surface area contributed by atoms with Crippen molar-refractivity contribution < 1.29 is 13.2 Å². The third-order valence-corrected chi connectivity index (χ3v) is 1.81. The summed E-state index contributed by atoms with van der Waals surface area (Å²) in [6.45, 7) is 0. The van der Waals surface area contributed by atoms with Crippen LogP contribution in [0.25, 0.3) is 0 Å². The van der Waals surface area contributed by atoms with Crippen molar-refractivity contribution in [3.05, 3.63) is 30.1 Å². The van der Waals surface area contributed by atoms with Gasteiger partial charge in [-0.05, 0) is 18.6 Å². The number of hydrogen-bond donors (Lipinski definition) is 1. The Morgan fingerprint density at radius 1 is 1.36 bits per heavy atom. The number of nitrogens with zero attached hydrogens (tertiary/aromatic N) is 1. The first kappa shape index (κ1) is 11.0. The van der Waals surface area contributed by atoms with Gasteiger partial charge in [0.2, 0.25) is 0 Å². The van der Waals surface area contributed by atoms with Crippen LogP contribution in [-0.2, 0) is 0 Å². The highest BCUT2D eigenvalue weighted by molar-refractivity contribution is 5.07. The van der Waals surface area contributed by atoms with Crippen molar-refractivity contribution in [1.29, 1.82) is 0 Å². The number of pyridine rings is 1. The summed E-state index contributed by atoms with van der Waals surface area (Å²) in [7, 11) is 0. The summed E-state index contributed by atoms with van der Waals surface area (Å²) in [5.74, 6) is 0. The van der Waals surface area contributed by atoms with E-state index in [1.807, 2.05) is 0 Å². The minimum absolute atomic E-state index is 0.124. The first-order chi connectivity index (χ1) is 6.49. The lowest BCUT2D eigenvalue weighted by Crippen LogP contribution is -2.16. The van der Waals surface area contributed by atoms with Crippen molar-refractivity contribution >= 4 is 0 Å². The Balaban J connectivity index is 2.48. The molecule has 0 spiro atoms. The second kappa shape index (κ2) is 4.41. The summed E-state index contributed by atoms with van der Waals surface area (Å²) < 4.78 is 35.6. The van der Waals surface area contributed by atoms with Crippen molar-refractivity contribution in [2.45, 2.75) is 25.1 Å². The molecule has 1 heterocycles. The van der Waals surface area contributed by atoms with Gasteiger partial charge in [0.1, 0.15) is 0 Å². The van der Waals surface area contributed by atoms with Gasteiger partial charge >= 0.3 is 6.18 Å². The van der Waals surface area contributed by atoms with Gasteiger partial charge in [-0.25, -0.2) is 0 Å². The number of alkyl halides is 3. The summed E-state index contributed by atoms with van der Waals surface area (Å²) >= 11 is 0. The van der Waals surface area contributed by atoms with E-state index in [1.54, 1.807) is 18.2 Å². The van der Waals surface area contributed by atoms with Crippen LogP contribution < -0.4 is 5.73 Å². The lowest BCUT2D eigenvalue weighted by Gasteiger charge is -2.12. The van der Waals surface area contributed by atoms with Crippen LogP contribution in [0, 0.1) is 0 Å². The molecule has 5 heteroatoms. The summed E-state index contributed by atoms with van der Waals surface area (Å²) in [4.78, 5) is 3.89. The fourth-order valence-electron chi connectivity index (χ4n) is 1.06. The average Bonchev–Trinajstić information content (AvgIpc) is 2.14. The first-order valence-corrected chi connectivity index (χ1v) is 4.22. The van der Waals surface area contributed by atoms with Gasteiger partial charge in [0.15, 0.2) is 0 Å². The highest BCUT2D eigenvalue weighted by Crippen LogP contribution is 2.25. The van der Waals surface area contributed by atoms with Crippen LogP contribution in [-0.4, -0.2) is 11.2 Å².